The van der Waals surface area contributed by atoms with Crippen LogP contribution in [0.3, 0.4) is 0 Å². The third-order valence-electron chi connectivity index (χ3n) is 3.25. The van der Waals surface area contributed by atoms with E-state index >= 15 is 0 Å². The van der Waals surface area contributed by atoms with Crippen LogP contribution in [-0.4, -0.2) is 52.6 Å². The Morgan fingerprint density at radius 3 is 2.95 bits per heavy atom. The van der Waals surface area contributed by atoms with E-state index in [4.69, 9.17) is 16.3 Å². The van der Waals surface area contributed by atoms with E-state index in [2.05, 4.69) is 32.2 Å². The van der Waals surface area contributed by atoms with Gasteiger partial charge in [0.25, 0.3) is 0 Å². The van der Waals surface area contributed by atoms with Crippen molar-refractivity contribution in [2.75, 3.05) is 32.1 Å². The molecule has 0 spiro atoms. The molecule has 1 saturated heterocycles. The molecule has 0 aliphatic carbocycles. The molecule has 1 aromatic rings. The SMILES string of the molecule is CCNc1nc(Cl)nc(OCC2CCCCN2C)n1. The average molecular weight is 286 g/mol. The maximum atomic E-state index is 5.84. The summed E-state index contributed by atoms with van der Waals surface area (Å²) < 4.78 is 5.66. The number of hydrogen-bond acceptors (Lipinski definition) is 6. The smallest absolute Gasteiger partial charge is 0.322 e. The zero-order valence-corrected chi connectivity index (χ0v) is 12.2. The van der Waals surface area contributed by atoms with Crippen LogP contribution in [0.2, 0.25) is 5.28 Å². The lowest BCUT2D eigenvalue weighted by molar-refractivity contribution is 0.120. The summed E-state index contributed by atoms with van der Waals surface area (Å²) in [5.74, 6) is 0.453. The Morgan fingerprint density at radius 1 is 1.37 bits per heavy atom. The molecule has 1 atom stereocenters. The fourth-order valence-electron chi connectivity index (χ4n) is 2.16. The highest BCUT2D eigenvalue weighted by molar-refractivity contribution is 6.28. The lowest BCUT2D eigenvalue weighted by Gasteiger charge is -2.31. The number of halogens is 1. The minimum absolute atomic E-state index is 0.151. The fraction of sp³-hybridized carbons (Fsp3) is 0.750. The van der Waals surface area contributed by atoms with Crippen LogP contribution in [0.1, 0.15) is 26.2 Å². The molecule has 1 fully saturated rings. The van der Waals surface area contributed by atoms with Crippen LogP contribution in [0.4, 0.5) is 5.95 Å². The minimum atomic E-state index is 0.151. The summed E-state index contributed by atoms with van der Waals surface area (Å²) in [5, 5.41) is 3.15. The van der Waals surface area contributed by atoms with Crippen LogP contribution in [0.15, 0.2) is 0 Å². The molecule has 2 heterocycles. The number of anilines is 1. The predicted molar refractivity (Wildman–Crippen MR) is 74.8 cm³/mol. The van der Waals surface area contributed by atoms with E-state index in [1.54, 1.807) is 0 Å². The number of piperidine rings is 1. The van der Waals surface area contributed by atoms with Gasteiger partial charge in [0.05, 0.1) is 0 Å². The average Bonchev–Trinajstić information content (AvgIpc) is 2.37. The van der Waals surface area contributed by atoms with Crippen LogP contribution < -0.4 is 10.1 Å². The van der Waals surface area contributed by atoms with Crippen molar-refractivity contribution in [2.45, 2.75) is 32.2 Å². The Hall–Kier alpha value is -1.14. The Bertz CT molecular complexity index is 417. The molecule has 1 unspecified atom stereocenters. The molecule has 0 aromatic carbocycles. The van der Waals surface area contributed by atoms with Gasteiger partial charge >= 0.3 is 6.01 Å². The van der Waals surface area contributed by atoms with Gasteiger partial charge in [0, 0.05) is 12.6 Å². The highest BCUT2D eigenvalue weighted by atomic mass is 35.5. The molecule has 1 N–H and O–H groups in total. The molecular weight excluding hydrogens is 266 g/mol. The maximum Gasteiger partial charge on any atom is 0.322 e. The van der Waals surface area contributed by atoms with Gasteiger partial charge in [-0.2, -0.15) is 15.0 Å². The molecule has 0 saturated carbocycles. The summed E-state index contributed by atoms with van der Waals surface area (Å²) in [5.41, 5.74) is 0. The Morgan fingerprint density at radius 2 is 2.21 bits per heavy atom. The summed E-state index contributed by atoms with van der Waals surface area (Å²) in [6.45, 7) is 4.40. The zero-order chi connectivity index (χ0) is 13.7. The summed E-state index contributed by atoms with van der Waals surface area (Å²) in [6.07, 6.45) is 3.66. The highest BCUT2D eigenvalue weighted by Crippen LogP contribution is 2.17. The van der Waals surface area contributed by atoms with Crippen molar-refractivity contribution >= 4 is 17.5 Å². The third-order valence-corrected chi connectivity index (χ3v) is 3.42. The van der Waals surface area contributed by atoms with Crippen molar-refractivity contribution < 1.29 is 4.74 Å². The first-order valence-electron chi connectivity index (χ1n) is 6.67. The number of likely N-dealkylation sites (N-methyl/N-ethyl adjacent to an activating group) is 1. The Balaban J connectivity index is 1.94. The predicted octanol–water partition coefficient (Wildman–Crippen LogP) is 1.82. The van der Waals surface area contributed by atoms with Crippen molar-refractivity contribution in [3.05, 3.63) is 5.28 Å². The number of likely N-dealkylation sites (tertiary alicyclic amines) is 1. The molecule has 0 bridgehead atoms. The molecular formula is C12H20ClN5O. The van der Waals surface area contributed by atoms with Crippen LogP contribution in [0.5, 0.6) is 6.01 Å². The highest BCUT2D eigenvalue weighted by Gasteiger charge is 2.20. The molecule has 1 aliphatic rings. The quantitative estimate of drug-likeness (QED) is 0.890. The Kier molecular flexibility index (Phi) is 5.15. The number of nitrogens with zero attached hydrogens (tertiary/aromatic N) is 4. The lowest BCUT2D eigenvalue weighted by Crippen LogP contribution is -2.40. The van der Waals surface area contributed by atoms with E-state index in [9.17, 15) is 0 Å². The van der Waals surface area contributed by atoms with Crippen molar-refractivity contribution in [2.24, 2.45) is 0 Å². The molecule has 1 aromatic heterocycles. The first-order valence-corrected chi connectivity index (χ1v) is 7.05. The molecule has 19 heavy (non-hydrogen) atoms. The number of rotatable bonds is 5. The molecule has 0 radical (unpaired) electrons. The van der Waals surface area contributed by atoms with Crippen molar-refractivity contribution in [3.8, 4) is 6.01 Å². The number of hydrogen-bond donors (Lipinski definition) is 1. The Labute approximate surface area is 118 Å². The number of nitrogens with one attached hydrogen (secondary N) is 1. The van der Waals surface area contributed by atoms with Crippen LogP contribution in [-0.2, 0) is 0 Å². The van der Waals surface area contributed by atoms with Crippen LogP contribution >= 0.6 is 11.6 Å². The van der Waals surface area contributed by atoms with Gasteiger partial charge in [-0.25, -0.2) is 0 Å². The second kappa shape index (κ2) is 6.86. The monoisotopic (exact) mass is 285 g/mol. The topological polar surface area (TPSA) is 63.2 Å². The van der Waals surface area contributed by atoms with Crippen molar-refractivity contribution in [1.29, 1.82) is 0 Å². The van der Waals surface area contributed by atoms with E-state index in [1.165, 1.54) is 12.8 Å². The van der Waals surface area contributed by atoms with E-state index in [1.807, 2.05) is 6.92 Å². The largest absolute Gasteiger partial charge is 0.462 e. The minimum Gasteiger partial charge on any atom is -0.462 e. The van der Waals surface area contributed by atoms with Gasteiger partial charge in [0.2, 0.25) is 11.2 Å². The van der Waals surface area contributed by atoms with E-state index < -0.39 is 0 Å². The van der Waals surface area contributed by atoms with Gasteiger partial charge in [-0.1, -0.05) is 6.42 Å². The van der Waals surface area contributed by atoms with E-state index in [0.717, 1.165) is 19.5 Å². The molecule has 6 nitrogen and oxygen atoms in total. The normalized spacial score (nSPS) is 20.3. The van der Waals surface area contributed by atoms with Gasteiger partial charge in [-0.05, 0) is 45.0 Å². The fourth-order valence-corrected chi connectivity index (χ4v) is 2.31. The van der Waals surface area contributed by atoms with Crippen LogP contribution in [0, 0.1) is 0 Å². The summed E-state index contributed by atoms with van der Waals surface area (Å²) >= 11 is 5.84. The summed E-state index contributed by atoms with van der Waals surface area (Å²) in [7, 11) is 2.12. The van der Waals surface area contributed by atoms with Crippen molar-refractivity contribution in [3.63, 3.8) is 0 Å². The van der Waals surface area contributed by atoms with Gasteiger partial charge in [0.15, 0.2) is 0 Å². The van der Waals surface area contributed by atoms with Gasteiger partial charge in [0.1, 0.15) is 6.61 Å². The first-order chi connectivity index (χ1) is 9.19. The number of aromatic nitrogens is 3. The van der Waals surface area contributed by atoms with Gasteiger partial charge < -0.3 is 15.0 Å². The molecule has 1 aliphatic heterocycles. The van der Waals surface area contributed by atoms with E-state index in [-0.39, 0.29) is 11.3 Å². The third kappa shape index (κ3) is 4.18. The number of ether oxygens (including phenoxy) is 1. The van der Waals surface area contributed by atoms with Crippen molar-refractivity contribution in [1.82, 2.24) is 19.9 Å². The summed E-state index contributed by atoms with van der Waals surface area (Å²) in [6, 6.07) is 0.710. The van der Waals surface area contributed by atoms with E-state index in [0.29, 0.717) is 18.6 Å². The van der Waals surface area contributed by atoms with Gasteiger partial charge in [-0.15, -0.1) is 0 Å². The maximum absolute atomic E-state index is 5.84. The molecule has 0 amide bonds. The van der Waals surface area contributed by atoms with Crippen LogP contribution in [0.25, 0.3) is 0 Å². The molecule has 7 heteroatoms. The standard InChI is InChI=1S/C12H20ClN5O/c1-3-14-11-15-10(13)16-12(17-11)19-8-9-6-4-5-7-18(9)2/h9H,3-8H2,1-2H3,(H,14,15,16,17). The molecule has 106 valence electrons. The second-order valence-electron chi connectivity index (χ2n) is 4.68. The second-order valence-corrected chi connectivity index (χ2v) is 5.02. The molecule has 2 rings (SSSR count). The van der Waals surface area contributed by atoms with Gasteiger partial charge in [-0.3, -0.25) is 0 Å². The summed E-state index contributed by atoms with van der Waals surface area (Å²) in [4.78, 5) is 14.5. The zero-order valence-electron chi connectivity index (χ0n) is 11.4. The lowest BCUT2D eigenvalue weighted by atomic mass is 10.0. The first kappa shape index (κ1) is 14.3.